The Kier molecular flexibility index (Phi) is 9.47. The fraction of sp³-hybridized carbons (Fsp3) is 0.421. The van der Waals surface area contributed by atoms with Crippen molar-refractivity contribution in [2.45, 2.75) is 37.8 Å². The molecule has 7 nitrogen and oxygen atoms in total. The maximum atomic E-state index is 14.0. The summed E-state index contributed by atoms with van der Waals surface area (Å²) in [5.74, 6) is -0.390. The number of aromatic nitrogens is 2. The van der Waals surface area contributed by atoms with Crippen LogP contribution in [0.15, 0.2) is 35.0 Å². The predicted molar refractivity (Wildman–Crippen MR) is 118 cm³/mol. The van der Waals surface area contributed by atoms with Gasteiger partial charge in [-0.1, -0.05) is 17.7 Å². The highest BCUT2D eigenvalue weighted by molar-refractivity contribution is 7.89. The molecule has 1 heterocycles. The van der Waals surface area contributed by atoms with Crippen LogP contribution in [0.5, 0.6) is 0 Å². The molecule has 2 aromatic rings. The quantitative estimate of drug-likeness (QED) is 0.604. The number of allylic oxidation sites excluding steroid dienone is 1. The molecule has 168 valence electrons. The number of nitrogens with two attached hydrogens (primary N) is 1. The molecule has 1 aromatic carbocycles. The van der Waals surface area contributed by atoms with Crippen LogP contribution in [-0.2, 0) is 23.0 Å². The molecular formula is C19H27Cl2FN4O3S. The summed E-state index contributed by atoms with van der Waals surface area (Å²) >= 11 is 6.21. The molecule has 30 heavy (non-hydrogen) atoms. The highest BCUT2D eigenvalue weighted by Gasteiger charge is 2.23. The third-order valence-electron chi connectivity index (χ3n) is 4.46. The summed E-state index contributed by atoms with van der Waals surface area (Å²) in [5.41, 5.74) is 7.74. The lowest BCUT2D eigenvalue weighted by atomic mass is 10.1. The van der Waals surface area contributed by atoms with Crippen molar-refractivity contribution in [3.05, 3.63) is 57.6 Å². The van der Waals surface area contributed by atoms with Crippen molar-refractivity contribution in [2.24, 2.45) is 5.73 Å². The molecule has 0 aliphatic rings. The molecule has 2 rings (SSSR count). The van der Waals surface area contributed by atoms with E-state index in [-0.39, 0.29) is 41.8 Å². The molecule has 0 saturated heterocycles. The molecule has 0 aliphatic heterocycles. The summed E-state index contributed by atoms with van der Waals surface area (Å²) in [7, 11) is -0.797. The van der Waals surface area contributed by atoms with Crippen LogP contribution >= 0.6 is 24.0 Å². The second-order valence-electron chi connectivity index (χ2n) is 6.90. The zero-order valence-electron chi connectivity index (χ0n) is 17.3. The third-order valence-corrected chi connectivity index (χ3v) is 6.76. The van der Waals surface area contributed by atoms with E-state index in [0.29, 0.717) is 22.5 Å². The Morgan fingerprint density at radius 3 is 2.57 bits per heavy atom. The molecule has 0 aliphatic carbocycles. The molecule has 0 bridgehead atoms. The first-order chi connectivity index (χ1) is 13.5. The monoisotopic (exact) mass is 480 g/mol. The highest BCUT2D eigenvalue weighted by Crippen LogP contribution is 2.28. The number of aliphatic hydroxyl groups excluding tert-OH is 1. The second kappa shape index (κ2) is 10.7. The summed E-state index contributed by atoms with van der Waals surface area (Å²) in [6, 6.07) is 4.63. The molecule has 0 spiro atoms. The normalized spacial score (nSPS) is 13.4. The largest absolute Gasteiger partial charge is 0.387 e. The smallest absolute Gasteiger partial charge is 0.244 e. The topological polar surface area (TPSA) is 101 Å². The zero-order valence-corrected chi connectivity index (χ0v) is 19.7. The average molecular weight is 481 g/mol. The molecule has 0 radical (unpaired) electrons. The number of benzene rings is 1. The van der Waals surface area contributed by atoms with Gasteiger partial charge >= 0.3 is 0 Å². The van der Waals surface area contributed by atoms with Crippen molar-refractivity contribution in [3.63, 3.8) is 0 Å². The van der Waals surface area contributed by atoms with Gasteiger partial charge < -0.3 is 10.8 Å². The fourth-order valence-corrected chi connectivity index (χ4v) is 4.47. The second-order valence-corrected chi connectivity index (χ2v) is 9.43. The van der Waals surface area contributed by atoms with Crippen molar-refractivity contribution in [3.8, 4) is 0 Å². The Hall–Kier alpha value is -1.49. The van der Waals surface area contributed by atoms with Gasteiger partial charge in [-0.25, -0.2) is 17.1 Å². The zero-order chi connectivity index (χ0) is 21.9. The number of aliphatic hydroxyl groups is 1. The summed E-state index contributed by atoms with van der Waals surface area (Å²) in [4.78, 5) is 0.00925. The van der Waals surface area contributed by atoms with Gasteiger partial charge in [-0.3, -0.25) is 4.68 Å². The van der Waals surface area contributed by atoms with Crippen molar-refractivity contribution in [1.82, 2.24) is 14.1 Å². The average Bonchev–Trinajstić information content (AvgIpc) is 2.90. The van der Waals surface area contributed by atoms with Gasteiger partial charge in [0.25, 0.3) is 0 Å². The van der Waals surface area contributed by atoms with Crippen LogP contribution in [0.4, 0.5) is 4.39 Å². The first kappa shape index (κ1) is 26.5. The number of nitrogens with zero attached hydrogens (tertiary/aromatic N) is 3. The van der Waals surface area contributed by atoms with Crippen molar-refractivity contribution in [2.75, 3.05) is 20.6 Å². The number of halogens is 3. The number of aryl methyl sites for hydroxylation is 1. The van der Waals surface area contributed by atoms with E-state index in [9.17, 15) is 17.9 Å². The van der Waals surface area contributed by atoms with Crippen molar-refractivity contribution >= 4 is 34.0 Å². The lowest BCUT2D eigenvalue weighted by Gasteiger charge is -2.15. The van der Waals surface area contributed by atoms with Crippen LogP contribution in [0.1, 0.15) is 35.5 Å². The predicted octanol–water partition coefficient (Wildman–Crippen LogP) is 2.97. The van der Waals surface area contributed by atoms with E-state index in [1.165, 1.54) is 26.2 Å². The number of sulfonamides is 1. The van der Waals surface area contributed by atoms with Crippen LogP contribution in [0.3, 0.4) is 0 Å². The van der Waals surface area contributed by atoms with E-state index >= 15 is 0 Å². The van der Waals surface area contributed by atoms with Crippen LogP contribution in [0, 0.1) is 6.92 Å². The van der Waals surface area contributed by atoms with E-state index in [1.807, 2.05) is 0 Å². The van der Waals surface area contributed by atoms with Gasteiger partial charge in [0, 0.05) is 32.6 Å². The van der Waals surface area contributed by atoms with Crippen LogP contribution in [-0.4, -0.2) is 48.3 Å². The van der Waals surface area contributed by atoms with Gasteiger partial charge in [0.05, 0.1) is 29.1 Å². The highest BCUT2D eigenvalue weighted by atomic mass is 35.5. The molecule has 0 amide bonds. The Labute approximate surface area is 187 Å². The molecule has 0 saturated carbocycles. The first-order valence-corrected chi connectivity index (χ1v) is 10.8. The van der Waals surface area contributed by atoms with Gasteiger partial charge in [0.1, 0.15) is 10.7 Å². The number of hydrogen-bond acceptors (Lipinski definition) is 5. The molecule has 11 heteroatoms. The van der Waals surface area contributed by atoms with E-state index < -0.39 is 22.0 Å². The van der Waals surface area contributed by atoms with E-state index in [2.05, 4.69) is 5.10 Å². The third kappa shape index (κ3) is 5.81. The Morgan fingerprint density at radius 1 is 1.43 bits per heavy atom. The van der Waals surface area contributed by atoms with Crippen LogP contribution < -0.4 is 5.73 Å². The van der Waals surface area contributed by atoms with Gasteiger partial charge in [0.2, 0.25) is 10.0 Å². The number of hydrogen-bond donors (Lipinski definition) is 2. The SMILES string of the molecule is Cc1nn(Cc2ccc(S(=O)(=O)N(C)C)c(Cl)c2)c(C(C)O)c1C/C(F)=C/CN.Cl. The lowest BCUT2D eigenvalue weighted by molar-refractivity contribution is 0.186. The van der Waals surface area contributed by atoms with E-state index in [1.54, 1.807) is 30.7 Å². The number of rotatable bonds is 8. The van der Waals surface area contributed by atoms with Crippen LogP contribution in [0.2, 0.25) is 5.02 Å². The van der Waals surface area contributed by atoms with Crippen molar-refractivity contribution < 1.29 is 17.9 Å². The van der Waals surface area contributed by atoms with Gasteiger partial charge in [-0.2, -0.15) is 5.10 Å². The van der Waals surface area contributed by atoms with Crippen LogP contribution in [0.25, 0.3) is 0 Å². The minimum Gasteiger partial charge on any atom is -0.387 e. The maximum Gasteiger partial charge on any atom is 0.244 e. The van der Waals surface area contributed by atoms with Gasteiger partial charge in [0.15, 0.2) is 0 Å². The molecular weight excluding hydrogens is 454 g/mol. The summed E-state index contributed by atoms with van der Waals surface area (Å²) in [5, 5.41) is 14.8. The Balaban J connectivity index is 0.00000450. The van der Waals surface area contributed by atoms with E-state index in [0.717, 1.165) is 4.31 Å². The maximum absolute atomic E-state index is 14.0. The minimum atomic E-state index is -3.66. The molecule has 1 aromatic heterocycles. The standard InChI is InChI=1S/C19H26ClFN4O3S.ClH/c1-12-16(10-15(21)7-8-22)19(13(2)26)25(23-12)11-14-5-6-18(17(20)9-14)29(27,28)24(3)4;/h5-7,9,13,26H,8,10-11,22H2,1-4H3;1H/b15-7-;. The van der Waals surface area contributed by atoms with E-state index in [4.69, 9.17) is 17.3 Å². The van der Waals surface area contributed by atoms with Gasteiger partial charge in [-0.05, 0) is 37.6 Å². The Bertz CT molecular complexity index is 1020. The Morgan fingerprint density at radius 2 is 2.07 bits per heavy atom. The molecule has 1 atom stereocenters. The van der Waals surface area contributed by atoms with Gasteiger partial charge in [-0.15, -0.1) is 12.4 Å². The lowest BCUT2D eigenvalue weighted by Crippen LogP contribution is -2.22. The molecule has 1 unspecified atom stereocenters. The summed E-state index contributed by atoms with van der Waals surface area (Å²) < 4.78 is 41.3. The summed E-state index contributed by atoms with van der Waals surface area (Å²) in [6.45, 7) is 3.66. The minimum absolute atomic E-state index is 0. The summed E-state index contributed by atoms with van der Waals surface area (Å²) in [6.07, 6.45) is 0.400. The fourth-order valence-electron chi connectivity index (χ4n) is 3.03. The first-order valence-electron chi connectivity index (χ1n) is 8.98. The molecule has 0 fully saturated rings. The molecule has 3 N–H and O–H groups in total. The van der Waals surface area contributed by atoms with Crippen molar-refractivity contribution in [1.29, 1.82) is 0 Å².